The minimum atomic E-state index is -0.818. The lowest BCUT2D eigenvalue weighted by atomic mass is 10.2. The monoisotopic (exact) mass is 283 g/mol. The Balaban J connectivity index is 0.00000172. The number of primary amides is 1. The molecule has 0 aliphatic carbocycles. The molecular formula is C14H21NO5. The van der Waals surface area contributed by atoms with E-state index in [1.54, 1.807) is 0 Å². The third-order valence-corrected chi connectivity index (χ3v) is 1.99. The first-order valence-corrected chi connectivity index (χ1v) is 6.45. The Morgan fingerprint density at radius 2 is 1.70 bits per heavy atom. The average molecular weight is 283 g/mol. The topological polar surface area (TPSA) is 87.8 Å². The maximum absolute atomic E-state index is 11.2. The Morgan fingerprint density at radius 1 is 1.10 bits per heavy atom. The van der Waals surface area contributed by atoms with Gasteiger partial charge in [-0.3, -0.25) is 4.79 Å². The summed E-state index contributed by atoms with van der Waals surface area (Å²) in [5.74, 6) is -0.262. The van der Waals surface area contributed by atoms with Gasteiger partial charge in [-0.25, -0.2) is 4.79 Å². The van der Waals surface area contributed by atoms with Gasteiger partial charge in [0.15, 0.2) is 0 Å². The highest BCUT2D eigenvalue weighted by molar-refractivity contribution is 5.92. The summed E-state index contributed by atoms with van der Waals surface area (Å²) in [6.07, 6.45) is -0.818. The van der Waals surface area contributed by atoms with Crippen LogP contribution >= 0.6 is 0 Å². The molecule has 0 fully saturated rings. The number of amides is 1. The SMILES string of the molecule is CC.CCOCCOC(=O)Oc1ccc(C(N)=O)cc1. The molecule has 6 nitrogen and oxygen atoms in total. The van der Waals surface area contributed by atoms with E-state index in [-0.39, 0.29) is 12.4 Å². The molecular weight excluding hydrogens is 262 g/mol. The second-order valence-electron chi connectivity index (χ2n) is 3.29. The standard InChI is InChI=1S/C12H15NO5.C2H6/c1-2-16-7-8-17-12(15)18-10-5-3-9(4-6-10)11(13)14;1-2/h3-6H,2,7-8H2,1H3,(H2,13,14);1-2H3. The van der Waals surface area contributed by atoms with Gasteiger partial charge in [-0.05, 0) is 31.2 Å². The normalized spacial score (nSPS) is 9.15. The van der Waals surface area contributed by atoms with Crippen LogP contribution in [0.4, 0.5) is 4.79 Å². The molecule has 0 heterocycles. The fourth-order valence-electron chi connectivity index (χ4n) is 1.14. The highest BCUT2D eigenvalue weighted by Gasteiger charge is 2.06. The molecule has 0 saturated carbocycles. The first kappa shape index (κ1) is 17.9. The van der Waals surface area contributed by atoms with Crippen LogP contribution in [0.3, 0.4) is 0 Å². The first-order valence-electron chi connectivity index (χ1n) is 6.45. The van der Waals surface area contributed by atoms with Crippen molar-refractivity contribution in [1.29, 1.82) is 0 Å². The molecule has 0 aliphatic rings. The third kappa shape index (κ3) is 7.38. The van der Waals surface area contributed by atoms with Gasteiger partial charge in [-0.1, -0.05) is 13.8 Å². The van der Waals surface area contributed by atoms with Gasteiger partial charge in [0.25, 0.3) is 0 Å². The van der Waals surface area contributed by atoms with E-state index < -0.39 is 12.1 Å². The fourth-order valence-corrected chi connectivity index (χ4v) is 1.14. The summed E-state index contributed by atoms with van der Waals surface area (Å²) in [7, 11) is 0. The molecule has 1 aromatic rings. The molecule has 0 atom stereocenters. The second kappa shape index (κ2) is 10.8. The smallest absolute Gasteiger partial charge is 0.432 e. The van der Waals surface area contributed by atoms with Crippen LogP contribution in [0, 0.1) is 0 Å². The van der Waals surface area contributed by atoms with E-state index in [0.29, 0.717) is 18.8 Å². The number of carbonyl (C=O) groups excluding carboxylic acids is 2. The van der Waals surface area contributed by atoms with Crippen LogP contribution in [-0.2, 0) is 9.47 Å². The van der Waals surface area contributed by atoms with Gasteiger partial charge in [0.05, 0.1) is 6.61 Å². The number of hydrogen-bond donors (Lipinski definition) is 1. The predicted octanol–water partition coefficient (Wildman–Crippen LogP) is 2.36. The number of carbonyl (C=O) groups is 2. The maximum Gasteiger partial charge on any atom is 0.513 e. The van der Waals surface area contributed by atoms with Crippen molar-refractivity contribution in [2.75, 3.05) is 19.8 Å². The van der Waals surface area contributed by atoms with Crippen LogP contribution in [0.5, 0.6) is 5.75 Å². The Kier molecular flexibility index (Phi) is 9.68. The van der Waals surface area contributed by atoms with Crippen LogP contribution in [0.25, 0.3) is 0 Å². The lowest BCUT2D eigenvalue weighted by molar-refractivity contribution is 0.0560. The number of rotatable bonds is 6. The van der Waals surface area contributed by atoms with Gasteiger partial charge in [-0.2, -0.15) is 0 Å². The summed E-state index contributed by atoms with van der Waals surface area (Å²) in [6.45, 7) is 6.86. The zero-order chi connectivity index (χ0) is 15.4. The van der Waals surface area contributed by atoms with E-state index >= 15 is 0 Å². The van der Waals surface area contributed by atoms with Crippen molar-refractivity contribution >= 4 is 12.1 Å². The van der Waals surface area contributed by atoms with E-state index in [0.717, 1.165) is 0 Å². The van der Waals surface area contributed by atoms with Crippen molar-refractivity contribution in [3.63, 3.8) is 0 Å². The van der Waals surface area contributed by atoms with Crippen LogP contribution in [-0.4, -0.2) is 31.9 Å². The molecule has 0 unspecified atom stereocenters. The Morgan fingerprint density at radius 3 is 2.20 bits per heavy atom. The molecule has 6 heteroatoms. The summed E-state index contributed by atoms with van der Waals surface area (Å²) in [5, 5.41) is 0. The molecule has 0 bridgehead atoms. The second-order valence-corrected chi connectivity index (χ2v) is 3.29. The average Bonchev–Trinajstić information content (AvgIpc) is 2.46. The molecule has 0 aromatic heterocycles. The van der Waals surface area contributed by atoms with Crippen molar-refractivity contribution < 1.29 is 23.8 Å². The largest absolute Gasteiger partial charge is 0.513 e. The molecule has 0 saturated heterocycles. The molecule has 1 amide bonds. The van der Waals surface area contributed by atoms with E-state index in [1.165, 1.54) is 24.3 Å². The lowest BCUT2D eigenvalue weighted by Gasteiger charge is -2.06. The van der Waals surface area contributed by atoms with Crippen LogP contribution in [0.15, 0.2) is 24.3 Å². The Hall–Kier alpha value is -2.08. The quantitative estimate of drug-likeness (QED) is 0.492. The molecule has 112 valence electrons. The van der Waals surface area contributed by atoms with Crippen molar-refractivity contribution in [1.82, 2.24) is 0 Å². The number of nitrogens with two attached hydrogens (primary N) is 1. The Bertz CT molecular complexity index is 403. The molecule has 1 aromatic carbocycles. The highest BCUT2D eigenvalue weighted by atomic mass is 16.7. The first-order chi connectivity index (χ1) is 9.63. The van der Waals surface area contributed by atoms with Gasteiger partial charge < -0.3 is 19.9 Å². The van der Waals surface area contributed by atoms with E-state index in [4.69, 9.17) is 19.9 Å². The predicted molar refractivity (Wildman–Crippen MR) is 74.8 cm³/mol. The van der Waals surface area contributed by atoms with E-state index in [1.807, 2.05) is 20.8 Å². The van der Waals surface area contributed by atoms with Crippen molar-refractivity contribution in [3.05, 3.63) is 29.8 Å². The zero-order valence-electron chi connectivity index (χ0n) is 12.0. The molecule has 1 rings (SSSR count). The van der Waals surface area contributed by atoms with Gasteiger partial charge >= 0.3 is 6.16 Å². The molecule has 20 heavy (non-hydrogen) atoms. The molecule has 0 spiro atoms. The van der Waals surface area contributed by atoms with Gasteiger partial charge in [0, 0.05) is 12.2 Å². The van der Waals surface area contributed by atoms with E-state index in [9.17, 15) is 9.59 Å². The van der Waals surface area contributed by atoms with E-state index in [2.05, 4.69) is 0 Å². The van der Waals surface area contributed by atoms with Crippen LogP contribution < -0.4 is 10.5 Å². The number of ether oxygens (including phenoxy) is 3. The van der Waals surface area contributed by atoms with Gasteiger partial charge in [0.1, 0.15) is 12.4 Å². The molecule has 0 radical (unpaired) electrons. The fraction of sp³-hybridized carbons (Fsp3) is 0.429. The molecule has 2 N–H and O–H groups in total. The minimum absolute atomic E-state index is 0.131. The van der Waals surface area contributed by atoms with Crippen molar-refractivity contribution in [2.24, 2.45) is 5.73 Å². The number of hydrogen-bond acceptors (Lipinski definition) is 5. The number of benzene rings is 1. The zero-order valence-corrected chi connectivity index (χ0v) is 12.0. The summed E-state index contributed by atoms with van der Waals surface area (Å²) in [4.78, 5) is 22.0. The summed E-state index contributed by atoms with van der Waals surface area (Å²) >= 11 is 0. The minimum Gasteiger partial charge on any atom is -0.432 e. The maximum atomic E-state index is 11.2. The summed E-state index contributed by atoms with van der Waals surface area (Å²) < 4.78 is 14.6. The van der Waals surface area contributed by atoms with Crippen LogP contribution in [0.1, 0.15) is 31.1 Å². The molecule has 0 aliphatic heterocycles. The summed E-state index contributed by atoms with van der Waals surface area (Å²) in [6, 6.07) is 5.85. The van der Waals surface area contributed by atoms with Crippen molar-refractivity contribution in [3.8, 4) is 5.75 Å². The Labute approximate surface area is 118 Å². The lowest BCUT2D eigenvalue weighted by Crippen LogP contribution is -2.15. The third-order valence-electron chi connectivity index (χ3n) is 1.99. The van der Waals surface area contributed by atoms with Gasteiger partial charge in [0.2, 0.25) is 5.91 Å². The van der Waals surface area contributed by atoms with Crippen molar-refractivity contribution in [2.45, 2.75) is 20.8 Å². The van der Waals surface area contributed by atoms with Crippen LogP contribution in [0.2, 0.25) is 0 Å². The summed E-state index contributed by atoms with van der Waals surface area (Å²) in [5.41, 5.74) is 5.41. The van der Waals surface area contributed by atoms with Gasteiger partial charge in [-0.15, -0.1) is 0 Å². The highest BCUT2D eigenvalue weighted by Crippen LogP contribution is 2.12.